The predicted molar refractivity (Wildman–Crippen MR) is 171 cm³/mol. The number of carbonyl (C=O) groups excluding carboxylic acids is 4. The Hall–Kier alpha value is -1.32. The van der Waals surface area contributed by atoms with Crippen LogP contribution in [0, 0.1) is 32.5 Å². The molecule has 0 aromatic heterocycles. The lowest BCUT2D eigenvalue weighted by Gasteiger charge is -2.26. The van der Waals surface area contributed by atoms with Crippen LogP contribution < -0.4 is 0 Å². The maximum absolute atomic E-state index is 11.5. The van der Waals surface area contributed by atoms with Gasteiger partial charge in [-0.3, -0.25) is 19.2 Å². The van der Waals surface area contributed by atoms with E-state index in [0.29, 0.717) is 30.8 Å². The molecule has 232 valence electrons. The van der Waals surface area contributed by atoms with Crippen LogP contribution in [0.1, 0.15) is 166 Å². The van der Waals surface area contributed by atoms with Crippen molar-refractivity contribution in [2.75, 3.05) is 0 Å². The van der Waals surface area contributed by atoms with Crippen LogP contribution in [0.3, 0.4) is 0 Å². The van der Waals surface area contributed by atoms with Gasteiger partial charge in [-0.2, -0.15) is 0 Å². The number of ketones is 4. The molecule has 0 spiro atoms. The number of hydrogen-bond acceptors (Lipinski definition) is 4. The second-order valence-corrected chi connectivity index (χ2v) is 16.1. The molecule has 0 atom stereocenters. The molecule has 0 aliphatic carbocycles. The third kappa shape index (κ3) is 26.3. The minimum Gasteiger partial charge on any atom is -0.299 e. The van der Waals surface area contributed by atoms with Crippen molar-refractivity contribution >= 4 is 23.1 Å². The van der Waals surface area contributed by atoms with Crippen molar-refractivity contribution in [2.24, 2.45) is 32.5 Å². The van der Waals surface area contributed by atoms with Gasteiger partial charge in [-0.25, -0.2) is 0 Å². The fourth-order valence-corrected chi connectivity index (χ4v) is 2.85. The molecule has 0 unspecified atom stereocenters. The topological polar surface area (TPSA) is 68.3 Å². The van der Waals surface area contributed by atoms with Crippen LogP contribution in [-0.4, -0.2) is 23.1 Å². The summed E-state index contributed by atoms with van der Waals surface area (Å²) in [6.45, 7) is 35.3. The predicted octanol–water partition coefficient (Wildman–Crippen LogP) is 10.6. The summed E-state index contributed by atoms with van der Waals surface area (Å²) in [4.78, 5) is 46.1. The third-order valence-corrected chi connectivity index (χ3v) is 5.14. The highest BCUT2D eigenvalue weighted by Crippen LogP contribution is 2.28. The Morgan fingerprint density at radius 1 is 0.368 bits per heavy atom. The lowest BCUT2D eigenvalue weighted by atomic mass is 9.76. The van der Waals surface area contributed by atoms with Gasteiger partial charge in [-0.15, -0.1) is 0 Å². The first-order valence-corrected chi connectivity index (χ1v) is 13.0. The Labute approximate surface area is 240 Å². The van der Waals surface area contributed by atoms with Crippen molar-refractivity contribution in [2.45, 2.75) is 166 Å². The van der Waals surface area contributed by atoms with Gasteiger partial charge in [-0.1, -0.05) is 147 Å². The van der Waals surface area contributed by atoms with Crippen molar-refractivity contribution in [3.63, 3.8) is 0 Å². The molecule has 0 aliphatic rings. The normalized spacial score (nSPS) is 12.1. The molecule has 0 aromatic rings. The summed E-state index contributed by atoms with van der Waals surface area (Å²) >= 11 is 0. The zero-order chi connectivity index (χ0) is 29.4. The van der Waals surface area contributed by atoms with E-state index in [2.05, 4.69) is 20.8 Å². The smallest absolute Gasteiger partial charge is 0.143 e. The van der Waals surface area contributed by atoms with Gasteiger partial charge in [0.2, 0.25) is 0 Å². The van der Waals surface area contributed by atoms with Crippen molar-refractivity contribution in [1.82, 2.24) is 0 Å². The van der Waals surface area contributed by atoms with Gasteiger partial charge in [-0.05, 0) is 5.41 Å². The highest BCUT2D eigenvalue weighted by Gasteiger charge is 2.31. The minimum atomic E-state index is -0.321. The molecule has 0 amide bonds. The van der Waals surface area contributed by atoms with E-state index in [-0.39, 0.29) is 66.3 Å². The average Bonchev–Trinajstić information content (AvgIpc) is 2.54. The second kappa shape index (κ2) is 17.4. The number of carbonyl (C=O) groups is 4. The molecule has 0 aromatic carbocycles. The molecule has 0 heterocycles. The van der Waals surface area contributed by atoms with Crippen LogP contribution in [0.2, 0.25) is 0 Å². The summed E-state index contributed by atoms with van der Waals surface area (Å²) in [5.74, 6) is 0.996. The molecule has 0 aliphatic heterocycles. The summed E-state index contributed by atoms with van der Waals surface area (Å²) in [6, 6.07) is 0. The van der Waals surface area contributed by atoms with Crippen LogP contribution >= 0.6 is 0 Å². The van der Waals surface area contributed by atoms with E-state index in [9.17, 15) is 19.2 Å². The lowest BCUT2D eigenvalue weighted by molar-refractivity contribution is -0.134. The van der Waals surface area contributed by atoms with E-state index in [1.165, 1.54) is 0 Å². The fourth-order valence-electron chi connectivity index (χ4n) is 2.85. The molecule has 0 saturated heterocycles. The fraction of sp³-hybridized carbons (Fsp3) is 0.882. The maximum atomic E-state index is 11.5. The van der Waals surface area contributed by atoms with E-state index in [4.69, 9.17) is 0 Å². The molecule has 4 nitrogen and oxygen atoms in total. The highest BCUT2D eigenvalue weighted by atomic mass is 16.1. The Balaban J connectivity index is -0.0000000987. The van der Waals surface area contributed by atoms with E-state index >= 15 is 0 Å². The average molecular weight is 545 g/mol. The first-order valence-electron chi connectivity index (χ1n) is 13.0. The molecular weight excluding hydrogens is 472 g/mol. The van der Waals surface area contributed by atoms with Gasteiger partial charge < -0.3 is 0 Å². The molecule has 0 rings (SSSR count). The number of Topliss-reactive ketones (excluding diaryl/α,β-unsaturated/α-hetero) is 4. The Morgan fingerprint density at radius 3 is 0.658 bits per heavy atom. The van der Waals surface area contributed by atoms with Gasteiger partial charge in [0.25, 0.3) is 0 Å². The van der Waals surface area contributed by atoms with Crippen molar-refractivity contribution in [3.05, 3.63) is 0 Å². The van der Waals surface area contributed by atoms with E-state index in [1.54, 1.807) is 0 Å². The Kier molecular flexibility index (Phi) is 22.7. The summed E-state index contributed by atoms with van der Waals surface area (Å²) in [7, 11) is 0. The highest BCUT2D eigenvalue weighted by molar-refractivity contribution is 5.90. The molecule has 4 heteroatoms. The van der Waals surface area contributed by atoms with Crippen LogP contribution in [0.5, 0.6) is 0 Å². The first kappa shape index (κ1) is 49.6. The second-order valence-electron chi connectivity index (χ2n) is 16.1. The van der Waals surface area contributed by atoms with E-state index in [1.807, 2.05) is 104 Å². The largest absolute Gasteiger partial charge is 0.299 e. The molecule has 0 bridgehead atoms. The van der Waals surface area contributed by atoms with Crippen LogP contribution in [0.15, 0.2) is 0 Å². The Morgan fingerprint density at radius 2 is 0.579 bits per heavy atom. The first-order chi connectivity index (χ1) is 14.8. The van der Waals surface area contributed by atoms with E-state index in [0.717, 1.165) is 0 Å². The van der Waals surface area contributed by atoms with E-state index < -0.39 is 0 Å². The van der Waals surface area contributed by atoms with Crippen LogP contribution in [0.25, 0.3) is 0 Å². The monoisotopic (exact) mass is 545 g/mol. The quantitative estimate of drug-likeness (QED) is 0.353. The van der Waals surface area contributed by atoms with Gasteiger partial charge in [0.15, 0.2) is 0 Å². The van der Waals surface area contributed by atoms with Crippen molar-refractivity contribution in [1.29, 1.82) is 0 Å². The standard InChI is InChI=1S/C12H22O2.C10H20O.C9H18O.3CH4/c1-11(2,3)9(13)7-8-10(14)12(4,5)6;1-9(2,3)7-8(11)10(4,5)6;1-8(2,3)7(10)9(4,5)6;;;/h7-8H2,1-6H3;7H2,1-6H3;1-6H3;3*1H4. The SMILES string of the molecule is C.C.C.CC(C)(C)C(=O)C(C)(C)C.CC(C)(C)C(=O)CCC(=O)C(C)(C)C.CC(C)(C)CC(=O)C(C)(C)C. The molecule has 0 radical (unpaired) electrons. The van der Waals surface area contributed by atoms with Gasteiger partial charge in [0.1, 0.15) is 23.1 Å². The lowest BCUT2D eigenvalue weighted by Crippen LogP contribution is -2.32. The summed E-state index contributed by atoms with van der Waals surface area (Å²) in [5.41, 5.74) is -1.08. The number of rotatable bonds is 4. The summed E-state index contributed by atoms with van der Waals surface area (Å²) in [6.07, 6.45) is 1.43. The Bertz CT molecular complexity index is 657. The maximum Gasteiger partial charge on any atom is 0.143 e. The molecular formula is C34H72O4. The molecule has 0 N–H and O–H groups in total. The van der Waals surface area contributed by atoms with Crippen LogP contribution in [-0.2, 0) is 19.2 Å². The zero-order valence-corrected chi connectivity index (χ0v) is 26.8. The third-order valence-electron chi connectivity index (χ3n) is 5.14. The van der Waals surface area contributed by atoms with Gasteiger partial charge in [0, 0.05) is 46.3 Å². The number of hydrogen-bond donors (Lipinski definition) is 0. The zero-order valence-electron chi connectivity index (χ0n) is 26.8. The van der Waals surface area contributed by atoms with Crippen molar-refractivity contribution in [3.8, 4) is 0 Å². The summed E-state index contributed by atoms with van der Waals surface area (Å²) in [5, 5.41) is 0. The van der Waals surface area contributed by atoms with Gasteiger partial charge >= 0.3 is 0 Å². The van der Waals surface area contributed by atoms with Crippen LogP contribution in [0.4, 0.5) is 0 Å². The van der Waals surface area contributed by atoms with Crippen molar-refractivity contribution < 1.29 is 19.2 Å². The molecule has 0 saturated carbocycles. The minimum absolute atomic E-state index is 0. The molecule has 0 fully saturated rings. The van der Waals surface area contributed by atoms with Gasteiger partial charge in [0.05, 0.1) is 0 Å². The molecule has 38 heavy (non-hydrogen) atoms. The summed E-state index contributed by atoms with van der Waals surface area (Å²) < 4.78 is 0.